The molecule has 1 spiro atoms. The van der Waals surface area contributed by atoms with Crippen LogP contribution in [0, 0.1) is 23.7 Å². The molecule has 3 heterocycles. The molecule has 0 radical (unpaired) electrons. The molecule has 3 N–H and O–H groups in total. The average Bonchev–Trinajstić information content (AvgIpc) is 3.46. The van der Waals surface area contributed by atoms with E-state index in [4.69, 9.17) is 9.47 Å². The molecule has 3 unspecified atom stereocenters. The van der Waals surface area contributed by atoms with Gasteiger partial charge in [0, 0.05) is 12.2 Å². The minimum absolute atomic E-state index is 0.0846. The number of nitrogens with one attached hydrogen (secondary N) is 2. The fourth-order valence-corrected chi connectivity index (χ4v) is 7.26. The Hall–Kier alpha value is -3.43. The molecule has 9 nitrogen and oxygen atoms in total. The highest BCUT2D eigenvalue weighted by atomic mass is 16.5. The van der Waals surface area contributed by atoms with Gasteiger partial charge in [-0.15, -0.1) is 0 Å². The topological polar surface area (TPSA) is 117 Å². The lowest BCUT2D eigenvalue weighted by Crippen LogP contribution is -2.59. The van der Waals surface area contributed by atoms with Crippen molar-refractivity contribution in [2.45, 2.75) is 70.9 Å². The van der Waals surface area contributed by atoms with E-state index in [-0.39, 0.29) is 36.2 Å². The molecule has 3 aliphatic rings. The van der Waals surface area contributed by atoms with Gasteiger partial charge in [0.25, 0.3) is 0 Å². The van der Waals surface area contributed by atoms with Gasteiger partial charge in [-0.1, -0.05) is 51.1 Å². The Morgan fingerprint density at radius 1 is 1.12 bits per heavy atom. The van der Waals surface area contributed by atoms with Crippen LogP contribution in [0.4, 0.5) is 5.69 Å². The minimum atomic E-state index is -1.19. The molecule has 220 valence electrons. The van der Waals surface area contributed by atoms with Gasteiger partial charge < -0.3 is 30.1 Å². The number of rotatable bonds is 10. The van der Waals surface area contributed by atoms with Gasteiger partial charge in [-0.2, -0.15) is 0 Å². The number of aliphatic hydroxyl groups is 1. The molecule has 7 atom stereocenters. The smallest absolute Gasteiger partial charge is 0.246 e. The zero-order valence-corrected chi connectivity index (χ0v) is 24.4. The van der Waals surface area contributed by atoms with Crippen molar-refractivity contribution in [3.8, 4) is 5.75 Å². The highest BCUT2D eigenvalue weighted by Gasteiger charge is 2.80. The molecule has 2 bridgehead atoms. The van der Waals surface area contributed by atoms with E-state index in [1.165, 1.54) is 4.90 Å². The second kappa shape index (κ2) is 11.1. The second-order valence-corrected chi connectivity index (χ2v) is 12.1. The predicted molar refractivity (Wildman–Crippen MR) is 154 cm³/mol. The van der Waals surface area contributed by atoms with Gasteiger partial charge in [-0.05, 0) is 61.9 Å². The third-order valence-corrected chi connectivity index (χ3v) is 9.34. The van der Waals surface area contributed by atoms with Crippen molar-refractivity contribution in [3.63, 3.8) is 0 Å². The largest absolute Gasteiger partial charge is 0.494 e. The number of nitrogens with zero attached hydrogens (tertiary/aromatic N) is 1. The predicted octanol–water partition coefficient (Wildman–Crippen LogP) is 3.37. The third-order valence-electron chi connectivity index (χ3n) is 9.34. The molecule has 2 aromatic carbocycles. The molecule has 3 fully saturated rings. The van der Waals surface area contributed by atoms with Crippen LogP contribution < -0.4 is 15.4 Å². The highest BCUT2D eigenvalue weighted by Crippen LogP contribution is 2.65. The standard InChI is InChI=1S/C32H41N3O6/c1-6-40-23-14-12-22(13-15-23)34-28(37)25-26-30(39)35(24(18-36)19(2)3)27(32(26)16-20(4)31(25,5)41-32)29(38)33-17-21-10-8-7-9-11-21/h7-15,19-20,24-27,36H,6,16-18H2,1-5H3,(H,33,38)(H,34,37)/t20?,24-,25-,26-,27?,31+,32?/m0/s1. The molecule has 9 heteroatoms. The number of ether oxygens (including phenoxy) is 2. The van der Waals surface area contributed by atoms with E-state index in [0.29, 0.717) is 31.0 Å². The van der Waals surface area contributed by atoms with Crippen molar-refractivity contribution in [3.05, 3.63) is 60.2 Å². The molecular weight excluding hydrogens is 522 g/mol. The number of benzene rings is 2. The van der Waals surface area contributed by atoms with Gasteiger partial charge in [0.15, 0.2) is 0 Å². The third kappa shape index (κ3) is 4.78. The Morgan fingerprint density at radius 3 is 2.41 bits per heavy atom. The van der Waals surface area contributed by atoms with Crippen LogP contribution in [-0.2, 0) is 25.7 Å². The molecule has 3 amide bonds. The maximum absolute atomic E-state index is 14.4. The fourth-order valence-electron chi connectivity index (χ4n) is 7.26. The van der Waals surface area contributed by atoms with Crippen LogP contribution in [0.15, 0.2) is 54.6 Å². The van der Waals surface area contributed by atoms with E-state index in [0.717, 1.165) is 5.56 Å². The SMILES string of the molecule is CCOc1ccc(NC(=O)[C@@H]2[C@H]3C(=O)N([C@@H](CO)C(C)C)C(C(=O)NCc4ccccc4)C34CC(C)[C@@]2(C)O4)cc1. The first-order valence-electron chi connectivity index (χ1n) is 14.6. The number of carbonyl (C=O) groups excluding carboxylic acids is 3. The maximum atomic E-state index is 14.4. The normalized spacial score (nSPS) is 30.8. The summed E-state index contributed by atoms with van der Waals surface area (Å²) in [5, 5.41) is 16.4. The number of likely N-dealkylation sites (tertiary alicyclic amines) is 1. The van der Waals surface area contributed by atoms with Gasteiger partial charge in [0.1, 0.15) is 17.4 Å². The molecule has 5 rings (SSSR count). The first-order valence-corrected chi connectivity index (χ1v) is 14.6. The van der Waals surface area contributed by atoms with Crippen LogP contribution in [-0.4, -0.2) is 64.2 Å². The summed E-state index contributed by atoms with van der Waals surface area (Å²) in [6, 6.07) is 15.1. The quantitative estimate of drug-likeness (QED) is 0.408. The first-order chi connectivity index (χ1) is 19.6. The lowest BCUT2D eigenvalue weighted by Gasteiger charge is -2.38. The molecule has 0 saturated carbocycles. The zero-order chi connectivity index (χ0) is 29.5. The van der Waals surface area contributed by atoms with Crippen molar-refractivity contribution in [2.75, 3.05) is 18.5 Å². The van der Waals surface area contributed by atoms with E-state index in [1.807, 2.05) is 65.0 Å². The van der Waals surface area contributed by atoms with Crippen molar-refractivity contribution in [1.29, 1.82) is 0 Å². The van der Waals surface area contributed by atoms with Crippen molar-refractivity contribution < 1.29 is 29.0 Å². The number of anilines is 1. The van der Waals surface area contributed by atoms with Crippen molar-refractivity contribution in [1.82, 2.24) is 10.2 Å². The fraction of sp³-hybridized carbons (Fsp3) is 0.531. The van der Waals surface area contributed by atoms with E-state index in [1.54, 1.807) is 24.3 Å². The molecule has 2 aromatic rings. The minimum Gasteiger partial charge on any atom is -0.494 e. The van der Waals surface area contributed by atoms with Crippen LogP contribution in [0.2, 0.25) is 0 Å². The van der Waals surface area contributed by atoms with Crippen LogP contribution in [0.5, 0.6) is 5.75 Å². The van der Waals surface area contributed by atoms with Gasteiger partial charge in [-0.3, -0.25) is 14.4 Å². The Labute approximate surface area is 241 Å². The second-order valence-electron chi connectivity index (χ2n) is 12.1. The summed E-state index contributed by atoms with van der Waals surface area (Å²) in [7, 11) is 0. The van der Waals surface area contributed by atoms with Crippen molar-refractivity contribution in [2.24, 2.45) is 23.7 Å². The van der Waals surface area contributed by atoms with Crippen LogP contribution >= 0.6 is 0 Å². The number of aliphatic hydroxyl groups excluding tert-OH is 1. The van der Waals surface area contributed by atoms with E-state index < -0.39 is 35.1 Å². The van der Waals surface area contributed by atoms with Gasteiger partial charge in [-0.25, -0.2) is 0 Å². The lowest BCUT2D eigenvalue weighted by atomic mass is 9.62. The Kier molecular flexibility index (Phi) is 7.87. The highest BCUT2D eigenvalue weighted by molar-refractivity contribution is 6.02. The number of hydrogen-bond donors (Lipinski definition) is 3. The molecule has 0 aromatic heterocycles. The monoisotopic (exact) mass is 563 g/mol. The lowest BCUT2D eigenvalue weighted by molar-refractivity contribution is -0.151. The van der Waals surface area contributed by atoms with Crippen LogP contribution in [0.25, 0.3) is 0 Å². The Morgan fingerprint density at radius 2 is 1.80 bits per heavy atom. The van der Waals surface area contributed by atoms with Crippen molar-refractivity contribution >= 4 is 23.4 Å². The van der Waals surface area contributed by atoms with E-state index in [9.17, 15) is 19.5 Å². The summed E-state index contributed by atoms with van der Waals surface area (Å²) in [4.78, 5) is 43.9. The molecule has 3 aliphatic heterocycles. The van der Waals surface area contributed by atoms with Gasteiger partial charge in [0.05, 0.1) is 36.7 Å². The first kappa shape index (κ1) is 29.1. The Balaban J connectivity index is 1.50. The molecule has 3 saturated heterocycles. The Bertz CT molecular complexity index is 1280. The van der Waals surface area contributed by atoms with Crippen LogP contribution in [0.1, 0.15) is 46.6 Å². The van der Waals surface area contributed by atoms with E-state index in [2.05, 4.69) is 10.6 Å². The number of hydrogen-bond acceptors (Lipinski definition) is 6. The molecule has 0 aliphatic carbocycles. The zero-order valence-electron chi connectivity index (χ0n) is 24.4. The van der Waals surface area contributed by atoms with Gasteiger partial charge >= 0.3 is 0 Å². The average molecular weight is 564 g/mol. The van der Waals surface area contributed by atoms with Gasteiger partial charge in [0.2, 0.25) is 17.7 Å². The van der Waals surface area contributed by atoms with E-state index >= 15 is 0 Å². The summed E-state index contributed by atoms with van der Waals surface area (Å²) in [5.74, 6) is -2.16. The summed E-state index contributed by atoms with van der Waals surface area (Å²) >= 11 is 0. The molecule has 41 heavy (non-hydrogen) atoms. The number of carbonyl (C=O) groups is 3. The van der Waals surface area contributed by atoms with Crippen LogP contribution in [0.3, 0.4) is 0 Å². The number of amides is 3. The summed E-state index contributed by atoms with van der Waals surface area (Å²) in [6.07, 6.45) is 0.461. The number of fused-ring (bicyclic) bond motifs is 1. The summed E-state index contributed by atoms with van der Waals surface area (Å²) < 4.78 is 12.3. The summed E-state index contributed by atoms with van der Waals surface area (Å²) in [6.45, 7) is 10.2. The summed E-state index contributed by atoms with van der Waals surface area (Å²) in [5.41, 5.74) is -0.610. The maximum Gasteiger partial charge on any atom is 0.246 e. The molecular formula is C32H41N3O6.